The van der Waals surface area contributed by atoms with Crippen LogP contribution in [0.25, 0.3) is 0 Å². The molecule has 0 spiro atoms. The minimum atomic E-state index is 0.682. The molecule has 0 aliphatic heterocycles. The summed E-state index contributed by atoms with van der Waals surface area (Å²) in [4.78, 5) is 10.6. The Hall–Kier alpha value is -1.31. The molecule has 2 heteroatoms. The monoisotopic (exact) mass is 218 g/mol. The van der Waals surface area contributed by atoms with Crippen LogP contribution in [0.1, 0.15) is 42.5 Å². The van der Waals surface area contributed by atoms with Gasteiger partial charge in [0.25, 0.3) is 0 Å². The Labute approximate surface area is 96.6 Å². The molecule has 1 saturated carbocycles. The summed E-state index contributed by atoms with van der Waals surface area (Å²) in [6, 6.07) is 7.37. The number of carbonyl (C=O) groups is 1. The SMILES string of the molecule is O=Cc1cccc(OCC2CCCCC2)c1. The van der Waals surface area contributed by atoms with Gasteiger partial charge in [0.1, 0.15) is 12.0 Å². The lowest BCUT2D eigenvalue weighted by Gasteiger charge is -2.21. The molecule has 0 heterocycles. The number of rotatable bonds is 4. The third-order valence-electron chi connectivity index (χ3n) is 3.20. The second kappa shape index (κ2) is 5.69. The number of carbonyl (C=O) groups excluding carboxylic acids is 1. The van der Waals surface area contributed by atoms with Crippen LogP contribution in [-0.2, 0) is 0 Å². The van der Waals surface area contributed by atoms with E-state index in [2.05, 4.69) is 0 Å². The van der Waals surface area contributed by atoms with Crippen LogP contribution in [0.3, 0.4) is 0 Å². The molecule has 0 N–H and O–H groups in total. The van der Waals surface area contributed by atoms with Crippen LogP contribution < -0.4 is 4.74 Å². The lowest BCUT2D eigenvalue weighted by molar-refractivity contribution is 0.112. The van der Waals surface area contributed by atoms with E-state index in [0.29, 0.717) is 11.5 Å². The lowest BCUT2D eigenvalue weighted by Crippen LogP contribution is -2.15. The Morgan fingerprint density at radius 2 is 2.06 bits per heavy atom. The Morgan fingerprint density at radius 1 is 1.25 bits per heavy atom. The molecule has 0 atom stereocenters. The van der Waals surface area contributed by atoms with Gasteiger partial charge in [-0.3, -0.25) is 4.79 Å². The quantitative estimate of drug-likeness (QED) is 0.723. The molecule has 1 aliphatic rings. The molecule has 2 nitrogen and oxygen atoms in total. The summed E-state index contributed by atoms with van der Waals surface area (Å²) in [6.45, 7) is 0.794. The van der Waals surface area contributed by atoms with E-state index in [1.54, 1.807) is 12.1 Å². The van der Waals surface area contributed by atoms with Gasteiger partial charge in [0.05, 0.1) is 6.61 Å². The van der Waals surface area contributed by atoms with Gasteiger partial charge in [-0.05, 0) is 30.9 Å². The summed E-state index contributed by atoms with van der Waals surface area (Å²) in [6.07, 6.45) is 7.47. The fraction of sp³-hybridized carbons (Fsp3) is 0.500. The molecular formula is C14H18O2. The van der Waals surface area contributed by atoms with Crippen LogP contribution in [-0.4, -0.2) is 12.9 Å². The zero-order chi connectivity index (χ0) is 11.2. The van der Waals surface area contributed by atoms with Crippen LogP contribution in [0, 0.1) is 5.92 Å². The predicted octanol–water partition coefficient (Wildman–Crippen LogP) is 3.46. The highest BCUT2D eigenvalue weighted by molar-refractivity contribution is 5.75. The van der Waals surface area contributed by atoms with Crippen LogP contribution in [0.4, 0.5) is 0 Å². The van der Waals surface area contributed by atoms with Gasteiger partial charge < -0.3 is 4.74 Å². The fourth-order valence-electron chi connectivity index (χ4n) is 2.25. The number of aldehydes is 1. The number of ether oxygens (including phenoxy) is 1. The van der Waals surface area contributed by atoms with Crippen LogP contribution in [0.5, 0.6) is 5.75 Å². The van der Waals surface area contributed by atoms with Crippen molar-refractivity contribution in [3.05, 3.63) is 29.8 Å². The van der Waals surface area contributed by atoms with Crippen molar-refractivity contribution >= 4 is 6.29 Å². The average Bonchev–Trinajstić information content (AvgIpc) is 2.38. The highest BCUT2D eigenvalue weighted by atomic mass is 16.5. The summed E-state index contributed by atoms with van der Waals surface area (Å²) >= 11 is 0. The van der Waals surface area contributed by atoms with Crippen LogP contribution in [0.15, 0.2) is 24.3 Å². The summed E-state index contributed by atoms with van der Waals surface area (Å²) < 4.78 is 5.73. The Balaban J connectivity index is 1.85. The maximum Gasteiger partial charge on any atom is 0.150 e. The molecule has 0 amide bonds. The van der Waals surface area contributed by atoms with E-state index in [9.17, 15) is 4.79 Å². The van der Waals surface area contributed by atoms with E-state index in [1.807, 2.05) is 12.1 Å². The van der Waals surface area contributed by atoms with E-state index in [4.69, 9.17) is 4.74 Å². The van der Waals surface area contributed by atoms with E-state index in [-0.39, 0.29) is 0 Å². The Kier molecular flexibility index (Phi) is 3.97. The molecule has 0 unspecified atom stereocenters. The minimum absolute atomic E-state index is 0.682. The molecule has 1 aromatic rings. The normalized spacial score (nSPS) is 17.0. The van der Waals surface area contributed by atoms with Gasteiger partial charge >= 0.3 is 0 Å². The van der Waals surface area contributed by atoms with Gasteiger partial charge in [-0.1, -0.05) is 31.4 Å². The molecule has 16 heavy (non-hydrogen) atoms. The third kappa shape index (κ3) is 3.09. The summed E-state index contributed by atoms with van der Waals surface area (Å²) in [5, 5.41) is 0. The van der Waals surface area contributed by atoms with Crippen molar-refractivity contribution < 1.29 is 9.53 Å². The number of benzene rings is 1. The van der Waals surface area contributed by atoms with Crippen molar-refractivity contribution in [3.8, 4) is 5.75 Å². The average molecular weight is 218 g/mol. The second-order valence-corrected chi connectivity index (χ2v) is 4.51. The van der Waals surface area contributed by atoms with Crippen LogP contribution in [0.2, 0.25) is 0 Å². The van der Waals surface area contributed by atoms with Gasteiger partial charge in [0.2, 0.25) is 0 Å². The maximum atomic E-state index is 10.6. The van der Waals surface area contributed by atoms with E-state index >= 15 is 0 Å². The topological polar surface area (TPSA) is 26.3 Å². The van der Waals surface area contributed by atoms with Crippen molar-refractivity contribution in [1.29, 1.82) is 0 Å². The zero-order valence-corrected chi connectivity index (χ0v) is 9.52. The molecule has 1 aliphatic carbocycles. The first kappa shape index (κ1) is 11.2. The third-order valence-corrected chi connectivity index (χ3v) is 3.20. The van der Waals surface area contributed by atoms with Crippen molar-refractivity contribution in [1.82, 2.24) is 0 Å². The maximum absolute atomic E-state index is 10.6. The summed E-state index contributed by atoms with van der Waals surface area (Å²) in [5.74, 6) is 1.52. The molecule has 0 saturated heterocycles. The first-order valence-electron chi connectivity index (χ1n) is 6.06. The minimum Gasteiger partial charge on any atom is -0.493 e. The summed E-state index contributed by atoms with van der Waals surface area (Å²) in [5.41, 5.74) is 0.682. The standard InChI is InChI=1S/C14H18O2/c15-10-13-7-4-8-14(9-13)16-11-12-5-2-1-3-6-12/h4,7-10,12H,1-3,5-6,11H2. The van der Waals surface area contributed by atoms with E-state index in [1.165, 1.54) is 32.1 Å². The van der Waals surface area contributed by atoms with Gasteiger partial charge in [0.15, 0.2) is 0 Å². The molecule has 1 fully saturated rings. The van der Waals surface area contributed by atoms with Crippen molar-refractivity contribution in [2.75, 3.05) is 6.61 Å². The number of hydrogen-bond acceptors (Lipinski definition) is 2. The second-order valence-electron chi connectivity index (χ2n) is 4.51. The molecule has 2 rings (SSSR count). The molecule has 0 bridgehead atoms. The lowest BCUT2D eigenvalue weighted by atomic mass is 9.90. The smallest absolute Gasteiger partial charge is 0.150 e. The fourth-order valence-corrected chi connectivity index (χ4v) is 2.25. The Bertz CT molecular complexity index is 340. The highest BCUT2D eigenvalue weighted by Gasteiger charge is 2.13. The van der Waals surface area contributed by atoms with Crippen molar-refractivity contribution in [3.63, 3.8) is 0 Å². The first-order chi connectivity index (χ1) is 7.88. The molecule has 0 radical (unpaired) electrons. The molecule has 0 aromatic heterocycles. The predicted molar refractivity (Wildman–Crippen MR) is 63.9 cm³/mol. The largest absolute Gasteiger partial charge is 0.493 e. The van der Waals surface area contributed by atoms with Crippen LogP contribution >= 0.6 is 0 Å². The van der Waals surface area contributed by atoms with Gasteiger partial charge in [-0.25, -0.2) is 0 Å². The molecule has 1 aromatic carbocycles. The van der Waals surface area contributed by atoms with Crippen molar-refractivity contribution in [2.45, 2.75) is 32.1 Å². The van der Waals surface area contributed by atoms with Gasteiger partial charge in [-0.15, -0.1) is 0 Å². The number of hydrogen-bond donors (Lipinski definition) is 0. The summed E-state index contributed by atoms with van der Waals surface area (Å²) in [7, 11) is 0. The van der Waals surface area contributed by atoms with Gasteiger partial charge in [0, 0.05) is 5.56 Å². The van der Waals surface area contributed by atoms with Crippen molar-refractivity contribution in [2.24, 2.45) is 5.92 Å². The molecule has 86 valence electrons. The van der Waals surface area contributed by atoms with E-state index in [0.717, 1.165) is 18.6 Å². The highest BCUT2D eigenvalue weighted by Crippen LogP contribution is 2.24. The molecular weight excluding hydrogens is 200 g/mol. The zero-order valence-electron chi connectivity index (χ0n) is 9.52. The van der Waals surface area contributed by atoms with E-state index < -0.39 is 0 Å². The Morgan fingerprint density at radius 3 is 2.81 bits per heavy atom. The van der Waals surface area contributed by atoms with Gasteiger partial charge in [-0.2, -0.15) is 0 Å². The first-order valence-corrected chi connectivity index (χ1v) is 6.06.